The van der Waals surface area contributed by atoms with Crippen LogP contribution in [0.5, 0.6) is 0 Å². The number of halogens is 3. The second-order valence-corrected chi connectivity index (χ2v) is 8.08. The van der Waals surface area contributed by atoms with Gasteiger partial charge in [-0.05, 0) is 26.0 Å². The molecule has 1 atom stereocenters. The Hall–Kier alpha value is -3.91. The highest BCUT2D eigenvalue weighted by Crippen LogP contribution is 2.39. The van der Waals surface area contributed by atoms with Gasteiger partial charge in [-0.25, -0.2) is 14.8 Å². The van der Waals surface area contributed by atoms with Crippen LogP contribution in [0.15, 0.2) is 40.5 Å². The average molecular weight is 505 g/mol. The van der Waals surface area contributed by atoms with Gasteiger partial charge in [0.2, 0.25) is 11.8 Å². The van der Waals surface area contributed by atoms with Gasteiger partial charge in [-0.1, -0.05) is 0 Å². The molecule has 4 heterocycles. The van der Waals surface area contributed by atoms with E-state index in [0.717, 1.165) is 16.7 Å². The maximum Gasteiger partial charge on any atom is 0.434 e. The van der Waals surface area contributed by atoms with E-state index in [1.807, 2.05) is 0 Å². The van der Waals surface area contributed by atoms with Gasteiger partial charge in [0.05, 0.1) is 5.56 Å². The molecule has 0 aromatic carbocycles. The molecule has 4 aromatic rings. The van der Waals surface area contributed by atoms with Crippen LogP contribution in [-0.2, 0) is 6.18 Å². The standard InChI is InChI=1S/C21H18F3N7O3S/c1-3-26-20(33)29-16-5-13(19-28-15(9-35-19)21(22,23)24)14(8-27-16)11-4-12(7-25-6-11)18-31-30-17(34-18)10(2)32/h4-10,32H,3H2,1-2H3,(H2,26,27,29,33). The van der Waals surface area contributed by atoms with Crippen LogP contribution in [0.4, 0.5) is 23.8 Å². The molecule has 4 rings (SSSR count). The number of nitrogens with zero attached hydrogens (tertiary/aromatic N) is 5. The quantitative estimate of drug-likeness (QED) is 0.347. The number of hydrogen-bond donors (Lipinski definition) is 3. The summed E-state index contributed by atoms with van der Waals surface area (Å²) >= 11 is 0.807. The molecule has 0 saturated carbocycles. The highest BCUT2D eigenvalue weighted by molar-refractivity contribution is 7.13. The number of aromatic nitrogens is 5. The molecule has 4 aromatic heterocycles. The molecule has 14 heteroatoms. The van der Waals surface area contributed by atoms with E-state index in [4.69, 9.17) is 4.42 Å². The molecule has 2 amide bonds. The number of amides is 2. The van der Waals surface area contributed by atoms with E-state index in [1.54, 1.807) is 13.0 Å². The van der Waals surface area contributed by atoms with E-state index < -0.39 is 24.0 Å². The second-order valence-electron chi connectivity index (χ2n) is 7.22. The number of rotatable bonds is 6. The van der Waals surface area contributed by atoms with Crippen LogP contribution in [0.1, 0.15) is 31.5 Å². The Morgan fingerprint density at radius 2 is 1.94 bits per heavy atom. The molecule has 10 nitrogen and oxygen atoms in total. The molecule has 1 unspecified atom stereocenters. The Balaban J connectivity index is 1.79. The van der Waals surface area contributed by atoms with Crippen molar-refractivity contribution in [2.45, 2.75) is 26.1 Å². The molecule has 0 spiro atoms. The highest BCUT2D eigenvalue weighted by atomic mass is 32.1. The number of carbonyl (C=O) groups excluding carboxylic acids is 1. The number of carbonyl (C=O) groups is 1. The smallest absolute Gasteiger partial charge is 0.418 e. The van der Waals surface area contributed by atoms with Crippen LogP contribution in [0.3, 0.4) is 0 Å². The van der Waals surface area contributed by atoms with Gasteiger partial charge in [0.25, 0.3) is 0 Å². The van der Waals surface area contributed by atoms with Crippen molar-refractivity contribution in [3.05, 3.63) is 47.7 Å². The van der Waals surface area contributed by atoms with Gasteiger partial charge in [0.15, 0.2) is 5.69 Å². The van der Waals surface area contributed by atoms with Gasteiger partial charge in [-0.2, -0.15) is 13.2 Å². The van der Waals surface area contributed by atoms with Crippen LogP contribution >= 0.6 is 11.3 Å². The lowest BCUT2D eigenvalue weighted by atomic mass is 10.0. The number of aliphatic hydroxyl groups excluding tert-OH is 1. The molecule has 0 aliphatic rings. The van der Waals surface area contributed by atoms with Crippen LogP contribution in [0.25, 0.3) is 33.2 Å². The first-order valence-corrected chi connectivity index (χ1v) is 11.1. The topological polar surface area (TPSA) is 139 Å². The zero-order chi connectivity index (χ0) is 25.2. The molecular weight excluding hydrogens is 487 g/mol. The van der Waals surface area contributed by atoms with Crippen molar-refractivity contribution in [2.24, 2.45) is 0 Å². The number of urea groups is 1. The van der Waals surface area contributed by atoms with Gasteiger partial charge in [0.1, 0.15) is 16.9 Å². The van der Waals surface area contributed by atoms with E-state index >= 15 is 0 Å². The minimum atomic E-state index is -4.61. The van der Waals surface area contributed by atoms with E-state index in [0.29, 0.717) is 28.8 Å². The first-order chi connectivity index (χ1) is 16.7. The van der Waals surface area contributed by atoms with E-state index in [2.05, 4.69) is 35.8 Å². The van der Waals surface area contributed by atoms with Gasteiger partial charge in [-0.15, -0.1) is 21.5 Å². The summed E-state index contributed by atoms with van der Waals surface area (Å²) in [6, 6.07) is 2.57. The molecule has 35 heavy (non-hydrogen) atoms. The molecule has 182 valence electrons. The summed E-state index contributed by atoms with van der Waals surface area (Å²) in [5, 5.41) is 23.4. The van der Waals surface area contributed by atoms with Crippen molar-refractivity contribution in [1.29, 1.82) is 0 Å². The zero-order valence-electron chi connectivity index (χ0n) is 18.3. The number of aliphatic hydroxyl groups is 1. The minimum Gasteiger partial charge on any atom is -0.418 e. The first-order valence-electron chi connectivity index (χ1n) is 10.2. The fourth-order valence-corrected chi connectivity index (χ4v) is 3.86. The third kappa shape index (κ3) is 5.44. The lowest BCUT2D eigenvalue weighted by molar-refractivity contribution is -0.140. The van der Waals surface area contributed by atoms with Crippen LogP contribution < -0.4 is 10.6 Å². The third-order valence-corrected chi connectivity index (χ3v) is 5.48. The number of hydrogen-bond acceptors (Lipinski definition) is 9. The Labute approximate surface area is 200 Å². The third-order valence-electron chi connectivity index (χ3n) is 4.60. The van der Waals surface area contributed by atoms with E-state index in [-0.39, 0.29) is 22.6 Å². The summed E-state index contributed by atoms with van der Waals surface area (Å²) in [5.41, 5.74) is 0.602. The summed E-state index contributed by atoms with van der Waals surface area (Å²) in [4.78, 5) is 24.1. The van der Waals surface area contributed by atoms with Gasteiger partial charge >= 0.3 is 12.2 Å². The molecule has 3 N–H and O–H groups in total. The Morgan fingerprint density at radius 1 is 1.17 bits per heavy atom. The number of alkyl halides is 3. The first kappa shape index (κ1) is 24.2. The molecule has 0 saturated heterocycles. The maximum atomic E-state index is 13.2. The van der Waals surface area contributed by atoms with Crippen molar-refractivity contribution in [3.8, 4) is 33.2 Å². The van der Waals surface area contributed by atoms with Crippen molar-refractivity contribution in [3.63, 3.8) is 0 Å². The van der Waals surface area contributed by atoms with Crippen LogP contribution in [-0.4, -0.2) is 42.8 Å². The van der Waals surface area contributed by atoms with Gasteiger partial charge < -0.3 is 14.8 Å². The van der Waals surface area contributed by atoms with E-state index in [9.17, 15) is 23.1 Å². The average Bonchev–Trinajstić information content (AvgIpc) is 3.50. The van der Waals surface area contributed by atoms with Crippen molar-refractivity contribution < 1.29 is 27.5 Å². The zero-order valence-corrected chi connectivity index (χ0v) is 19.1. The lowest BCUT2D eigenvalue weighted by Crippen LogP contribution is -2.28. The van der Waals surface area contributed by atoms with E-state index in [1.165, 1.54) is 31.6 Å². The van der Waals surface area contributed by atoms with Crippen LogP contribution in [0.2, 0.25) is 0 Å². The summed E-state index contributed by atoms with van der Waals surface area (Å²) < 4.78 is 45.0. The highest BCUT2D eigenvalue weighted by Gasteiger charge is 2.34. The molecular formula is C21H18F3N7O3S. The SMILES string of the molecule is CCNC(=O)Nc1cc(-c2nc(C(F)(F)F)cs2)c(-c2cncc(-c3nnc(C(C)O)o3)c2)cn1. The minimum absolute atomic E-state index is 0.0241. The fourth-order valence-electron chi connectivity index (χ4n) is 3.00. The van der Waals surface area contributed by atoms with Crippen molar-refractivity contribution >= 4 is 23.2 Å². The number of pyridine rings is 2. The summed E-state index contributed by atoms with van der Waals surface area (Å²) in [7, 11) is 0. The molecule has 0 fully saturated rings. The predicted octanol–water partition coefficient (Wildman–Crippen LogP) is 4.53. The Kier molecular flexibility index (Phi) is 6.75. The lowest BCUT2D eigenvalue weighted by Gasteiger charge is -2.11. The summed E-state index contributed by atoms with van der Waals surface area (Å²) in [5.74, 6) is 0.255. The van der Waals surface area contributed by atoms with Gasteiger partial charge in [0, 0.05) is 47.2 Å². The summed E-state index contributed by atoms with van der Waals surface area (Å²) in [6.07, 6.45) is -1.20. The largest absolute Gasteiger partial charge is 0.434 e. The number of anilines is 1. The van der Waals surface area contributed by atoms with Gasteiger partial charge in [-0.3, -0.25) is 10.3 Å². The fraction of sp³-hybridized carbons (Fsp3) is 0.238. The molecule has 0 aliphatic carbocycles. The number of thiazole rings is 1. The van der Waals surface area contributed by atoms with Crippen molar-refractivity contribution in [1.82, 2.24) is 30.5 Å². The predicted molar refractivity (Wildman–Crippen MR) is 120 cm³/mol. The second kappa shape index (κ2) is 9.76. The Bertz CT molecular complexity index is 1350. The molecule has 0 radical (unpaired) electrons. The summed E-state index contributed by atoms with van der Waals surface area (Å²) in [6.45, 7) is 3.59. The Morgan fingerprint density at radius 3 is 2.60 bits per heavy atom. The normalized spacial score (nSPS) is 12.4. The monoisotopic (exact) mass is 505 g/mol. The van der Waals surface area contributed by atoms with Crippen molar-refractivity contribution in [2.75, 3.05) is 11.9 Å². The molecule has 0 bridgehead atoms. The van der Waals surface area contributed by atoms with Crippen LogP contribution in [0, 0.1) is 0 Å². The maximum absolute atomic E-state index is 13.2. The number of nitrogens with one attached hydrogen (secondary N) is 2. The molecule has 0 aliphatic heterocycles.